The van der Waals surface area contributed by atoms with Gasteiger partial charge in [-0.25, -0.2) is 0 Å². The quantitative estimate of drug-likeness (QED) is 0.729. The van der Waals surface area contributed by atoms with Crippen LogP contribution in [-0.2, 0) is 23.1 Å². The number of nitrogens with one attached hydrogen (secondary N) is 1. The molecule has 1 unspecified atom stereocenters. The number of hydrogen-bond acceptors (Lipinski definition) is 3. The molecule has 6 nitrogen and oxygen atoms in total. The number of likely N-dealkylation sites (tertiary alicyclic amines) is 1. The summed E-state index contributed by atoms with van der Waals surface area (Å²) in [5.41, 5.74) is 1.58. The molecule has 1 aliphatic heterocycles. The number of amides is 1. The molecule has 3 rings (SSSR count). The third-order valence-corrected chi connectivity index (χ3v) is 5.91. The lowest BCUT2D eigenvalue weighted by molar-refractivity contribution is -0.909. The van der Waals surface area contributed by atoms with Crippen molar-refractivity contribution in [2.24, 2.45) is 7.05 Å². The van der Waals surface area contributed by atoms with Crippen molar-refractivity contribution in [3.63, 3.8) is 0 Å². The molecule has 0 saturated carbocycles. The largest absolute Gasteiger partial charge is 0.367 e. The van der Waals surface area contributed by atoms with Gasteiger partial charge >= 0.3 is 0 Å². The molecule has 1 aliphatic rings. The lowest BCUT2D eigenvalue weighted by atomic mass is 10.1. The molecule has 1 aromatic heterocycles. The van der Waals surface area contributed by atoms with Crippen LogP contribution in [0.1, 0.15) is 37.1 Å². The Balaban J connectivity index is 1.85. The second kappa shape index (κ2) is 9.54. The van der Waals surface area contributed by atoms with Crippen LogP contribution >= 0.6 is 11.6 Å². The van der Waals surface area contributed by atoms with Crippen molar-refractivity contribution in [2.75, 3.05) is 26.7 Å². The maximum absolute atomic E-state index is 13.5. The highest BCUT2D eigenvalue weighted by Crippen LogP contribution is 2.23. The first-order chi connectivity index (χ1) is 13.5. The highest BCUT2D eigenvalue weighted by Gasteiger charge is 2.34. The number of halogens is 1. The standard InChI is InChI=1S/C21H29ClN4O2/c1-4-25-12-8-11-17(25)13-26(15-19-18(22)14-24(2)23-19)21(27)20(28-3)16-9-6-5-7-10-16/h5-7,9-10,14,17,20H,4,8,11-13,15H2,1-3H3/p+1/t17-,20-/m1/s1. The number of likely N-dealkylation sites (N-methyl/N-ethyl adjacent to an activating group) is 1. The number of benzene rings is 1. The third kappa shape index (κ3) is 4.74. The maximum atomic E-state index is 13.5. The van der Waals surface area contributed by atoms with Crippen LogP contribution in [0.5, 0.6) is 0 Å². The van der Waals surface area contributed by atoms with Crippen LogP contribution in [0.2, 0.25) is 5.02 Å². The smallest absolute Gasteiger partial charge is 0.256 e. The molecule has 0 spiro atoms. The van der Waals surface area contributed by atoms with E-state index in [1.165, 1.54) is 13.0 Å². The number of quaternary nitrogens is 1. The third-order valence-electron chi connectivity index (χ3n) is 5.59. The van der Waals surface area contributed by atoms with E-state index >= 15 is 0 Å². The van der Waals surface area contributed by atoms with Gasteiger partial charge < -0.3 is 14.5 Å². The second-order valence-corrected chi connectivity index (χ2v) is 7.85. The molecule has 152 valence electrons. The van der Waals surface area contributed by atoms with Crippen LogP contribution in [0.3, 0.4) is 0 Å². The Morgan fingerprint density at radius 2 is 2.18 bits per heavy atom. The number of carbonyl (C=O) groups excluding carboxylic acids is 1. The van der Waals surface area contributed by atoms with Crippen LogP contribution in [0, 0.1) is 0 Å². The lowest BCUT2D eigenvalue weighted by Gasteiger charge is -2.30. The Kier molecular flexibility index (Phi) is 7.10. The molecule has 1 amide bonds. The van der Waals surface area contributed by atoms with E-state index in [4.69, 9.17) is 16.3 Å². The van der Waals surface area contributed by atoms with Crippen LogP contribution in [0.4, 0.5) is 0 Å². The molecule has 28 heavy (non-hydrogen) atoms. The summed E-state index contributed by atoms with van der Waals surface area (Å²) in [7, 11) is 3.42. The molecular formula is C21H30ClN4O2+. The van der Waals surface area contributed by atoms with E-state index in [9.17, 15) is 4.79 Å². The first kappa shape index (κ1) is 20.8. The van der Waals surface area contributed by atoms with Crippen LogP contribution in [-0.4, -0.2) is 53.4 Å². The molecule has 7 heteroatoms. The van der Waals surface area contributed by atoms with Gasteiger partial charge in [0.15, 0.2) is 6.10 Å². The lowest BCUT2D eigenvalue weighted by Crippen LogP contribution is -3.14. The van der Waals surface area contributed by atoms with Crippen molar-refractivity contribution in [2.45, 2.75) is 38.5 Å². The minimum absolute atomic E-state index is 0.0437. The number of ether oxygens (including phenoxy) is 1. The molecule has 1 N–H and O–H groups in total. The SMILES string of the molecule is CC[NH+]1CCC[C@@H]1CN(Cc1nn(C)cc1Cl)C(=O)[C@H](OC)c1ccccc1. The van der Waals surface area contributed by atoms with Crippen molar-refractivity contribution >= 4 is 17.5 Å². The van der Waals surface area contributed by atoms with E-state index in [2.05, 4.69) is 12.0 Å². The Labute approximate surface area is 172 Å². The molecule has 1 aromatic carbocycles. The van der Waals surface area contributed by atoms with Gasteiger partial charge in [-0.1, -0.05) is 41.9 Å². The van der Waals surface area contributed by atoms with Gasteiger partial charge in [0.2, 0.25) is 0 Å². The Morgan fingerprint density at radius 3 is 2.79 bits per heavy atom. The van der Waals surface area contributed by atoms with Gasteiger partial charge in [0.05, 0.1) is 31.2 Å². The number of hydrogen-bond donors (Lipinski definition) is 1. The summed E-state index contributed by atoms with van der Waals surface area (Å²) in [6, 6.07) is 10.1. The number of carbonyl (C=O) groups is 1. The second-order valence-electron chi connectivity index (χ2n) is 7.44. The van der Waals surface area contributed by atoms with Gasteiger partial charge in [-0.3, -0.25) is 9.48 Å². The number of nitrogens with zero attached hydrogens (tertiary/aromatic N) is 3. The monoisotopic (exact) mass is 405 g/mol. The molecule has 0 radical (unpaired) electrons. The number of rotatable bonds is 8. The molecule has 0 bridgehead atoms. The van der Waals surface area contributed by atoms with E-state index in [0.29, 0.717) is 24.2 Å². The molecule has 1 saturated heterocycles. The van der Waals surface area contributed by atoms with E-state index in [1.807, 2.05) is 42.3 Å². The first-order valence-electron chi connectivity index (χ1n) is 9.92. The Bertz CT molecular complexity index is 780. The van der Waals surface area contributed by atoms with Gasteiger partial charge in [-0.2, -0.15) is 5.10 Å². The summed E-state index contributed by atoms with van der Waals surface area (Å²) in [6.07, 6.45) is 3.47. The van der Waals surface area contributed by atoms with Crippen LogP contribution in [0.15, 0.2) is 36.5 Å². The van der Waals surface area contributed by atoms with E-state index < -0.39 is 6.10 Å². The number of aryl methyl sites for hydroxylation is 1. The summed E-state index contributed by atoms with van der Waals surface area (Å²) < 4.78 is 7.30. The van der Waals surface area contributed by atoms with Crippen LogP contribution < -0.4 is 4.90 Å². The molecule has 2 aromatic rings. The van der Waals surface area contributed by atoms with Gasteiger partial charge in [0.1, 0.15) is 11.7 Å². The van der Waals surface area contributed by atoms with E-state index in [-0.39, 0.29) is 5.91 Å². The normalized spacial score (nSPS) is 20.3. The topological polar surface area (TPSA) is 51.8 Å². The fourth-order valence-electron chi connectivity index (χ4n) is 4.13. The summed E-state index contributed by atoms with van der Waals surface area (Å²) in [6.45, 7) is 5.51. The van der Waals surface area contributed by atoms with E-state index in [1.54, 1.807) is 22.9 Å². The molecule has 2 heterocycles. The average Bonchev–Trinajstić information content (AvgIpc) is 3.27. The number of aromatic nitrogens is 2. The van der Waals surface area contributed by atoms with Gasteiger partial charge in [0, 0.05) is 33.2 Å². The van der Waals surface area contributed by atoms with Gasteiger partial charge in [-0.05, 0) is 12.5 Å². The van der Waals surface area contributed by atoms with Crippen molar-refractivity contribution in [1.82, 2.24) is 14.7 Å². The minimum Gasteiger partial charge on any atom is -0.367 e. The Morgan fingerprint density at radius 1 is 1.43 bits per heavy atom. The fraction of sp³-hybridized carbons (Fsp3) is 0.524. The van der Waals surface area contributed by atoms with Crippen LogP contribution in [0.25, 0.3) is 0 Å². The first-order valence-corrected chi connectivity index (χ1v) is 10.3. The highest BCUT2D eigenvalue weighted by atomic mass is 35.5. The minimum atomic E-state index is -0.629. The predicted octanol–water partition coefficient (Wildman–Crippen LogP) is 1.86. The summed E-state index contributed by atoms with van der Waals surface area (Å²) >= 11 is 6.34. The summed E-state index contributed by atoms with van der Waals surface area (Å²) in [5.74, 6) is -0.0437. The van der Waals surface area contributed by atoms with Crippen molar-refractivity contribution in [1.29, 1.82) is 0 Å². The fourth-order valence-corrected chi connectivity index (χ4v) is 4.37. The van der Waals surface area contributed by atoms with Gasteiger partial charge in [-0.15, -0.1) is 0 Å². The summed E-state index contributed by atoms with van der Waals surface area (Å²) in [4.78, 5) is 16.9. The predicted molar refractivity (Wildman–Crippen MR) is 109 cm³/mol. The zero-order valence-electron chi connectivity index (χ0n) is 16.9. The Hall–Kier alpha value is -1.89. The number of methoxy groups -OCH3 is 1. The summed E-state index contributed by atoms with van der Waals surface area (Å²) in [5, 5.41) is 5.03. The highest BCUT2D eigenvalue weighted by molar-refractivity contribution is 6.31. The van der Waals surface area contributed by atoms with Crippen molar-refractivity contribution < 1.29 is 14.4 Å². The van der Waals surface area contributed by atoms with Gasteiger partial charge in [0.25, 0.3) is 5.91 Å². The molecule has 3 atom stereocenters. The maximum Gasteiger partial charge on any atom is 0.256 e. The van der Waals surface area contributed by atoms with Crippen molar-refractivity contribution in [3.05, 3.63) is 52.8 Å². The zero-order valence-corrected chi connectivity index (χ0v) is 17.7. The molecule has 0 aliphatic carbocycles. The van der Waals surface area contributed by atoms with E-state index in [0.717, 1.165) is 24.2 Å². The molecular weight excluding hydrogens is 376 g/mol. The van der Waals surface area contributed by atoms with Crippen molar-refractivity contribution in [3.8, 4) is 0 Å². The zero-order chi connectivity index (χ0) is 20.1. The average molecular weight is 406 g/mol. The molecule has 1 fully saturated rings.